The summed E-state index contributed by atoms with van der Waals surface area (Å²) in [5.74, 6) is 1.71. The van der Waals surface area contributed by atoms with Crippen molar-refractivity contribution in [1.29, 1.82) is 0 Å². The van der Waals surface area contributed by atoms with Crippen LogP contribution in [0.1, 0.15) is 26.7 Å². The molecule has 20 heavy (non-hydrogen) atoms. The number of hydrogen-bond donors (Lipinski definition) is 0. The Labute approximate surface area is 122 Å². The lowest BCUT2D eigenvalue weighted by atomic mass is 9.53. The third-order valence-electron chi connectivity index (χ3n) is 5.55. The molecule has 4 heteroatoms. The Morgan fingerprint density at radius 1 is 1.25 bits per heavy atom. The quantitative estimate of drug-likeness (QED) is 0.827. The summed E-state index contributed by atoms with van der Waals surface area (Å²) in [7, 11) is 0. The molecule has 2 aliphatic rings. The van der Waals surface area contributed by atoms with Gasteiger partial charge in [-0.3, -0.25) is 4.90 Å². The smallest absolute Gasteiger partial charge is 0.0945 e. The number of imidazole rings is 1. The molecule has 0 aromatic carbocycles. The van der Waals surface area contributed by atoms with Gasteiger partial charge in [0.15, 0.2) is 0 Å². The largest absolute Gasteiger partial charge is 0.379 e. The summed E-state index contributed by atoms with van der Waals surface area (Å²) in [6.45, 7) is 11.4. The van der Waals surface area contributed by atoms with Gasteiger partial charge in [0.05, 0.1) is 19.5 Å². The van der Waals surface area contributed by atoms with Crippen LogP contribution < -0.4 is 0 Å². The van der Waals surface area contributed by atoms with Crippen LogP contribution in [-0.2, 0) is 11.3 Å². The highest BCUT2D eigenvalue weighted by Gasteiger charge is 2.47. The van der Waals surface area contributed by atoms with Crippen LogP contribution in [-0.4, -0.2) is 47.3 Å². The van der Waals surface area contributed by atoms with E-state index in [-0.39, 0.29) is 0 Å². The summed E-state index contributed by atoms with van der Waals surface area (Å²) in [5.41, 5.74) is 0.485. The van der Waals surface area contributed by atoms with E-state index in [2.05, 4.69) is 34.5 Å². The Morgan fingerprint density at radius 2 is 2.05 bits per heavy atom. The van der Waals surface area contributed by atoms with Crippen molar-refractivity contribution in [2.45, 2.75) is 33.2 Å². The number of aromatic nitrogens is 2. The van der Waals surface area contributed by atoms with E-state index >= 15 is 0 Å². The van der Waals surface area contributed by atoms with Crippen molar-refractivity contribution < 1.29 is 4.74 Å². The van der Waals surface area contributed by atoms with E-state index in [0.29, 0.717) is 5.41 Å². The van der Waals surface area contributed by atoms with Gasteiger partial charge < -0.3 is 9.30 Å². The maximum atomic E-state index is 5.44. The van der Waals surface area contributed by atoms with Crippen LogP contribution in [0, 0.1) is 17.3 Å². The van der Waals surface area contributed by atoms with Crippen LogP contribution >= 0.6 is 0 Å². The fourth-order valence-corrected chi connectivity index (χ4v) is 3.74. The first-order valence-corrected chi connectivity index (χ1v) is 7.92. The van der Waals surface area contributed by atoms with Gasteiger partial charge in [0.1, 0.15) is 0 Å². The molecule has 0 unspecified atom stereocenters. The fourth-order valence-electron chi connectivity index (χ4n) is 3.74. The van der Waals surface area contributed by atoms with Crippen molar-refractivity contribution in [3.05, 3.63) is 18.7 Å². The number of aryl methyl sites for hydroxylation is 1. The second-order valence-corrected chi connectivity index (χ2v) is 6.95. The van der Waals surface area contributed by atoms with E-state index in [0.717, 1.165) is 44.7 Å². The van der Waals surface area contributed by atoms with Crippen molar-refractivity contribution >= 4 is 0 Å². The summed E-state index contributed by atoms with van der Waals surface area (Å²) in [6, 6.07) is 0. The molecular formula is C16H27N3O. The molecule has 4 nitrogen and oxygen atoms in total. The molecule has 1 aromatic heterocycles. The van der Waals surface area contributed by atoms with Gasteiger partial charge in [-0.1, -0.05) is 13.8 Å². The summed E-state index contributed by atoms with van der Waals surface area (Å²) in [4.78, 5) is 6.70. The minimum absolute atomic E-state index is 0.485. The summed E-state index contributed by atoms with van der Waals surface area (Å²) in [6.07, 6.45) is 8.53. The van der Waals surface area contributed by atoms with Crippen molar-refractivity contribution in [3.63, 3.8) is 0 Å². The molecule has 1 saturated carbocycles. The zero-order chi connectivity index (χ0) is 14.0. The average molecular weight is 277 g/mol. The molecule has 1 aromatic rings. The van der Waals surface area contributed by atoms with Gasteiger partial charge in [0.2, 0.25) is 0 Å². The first-order valence-electron chi connectivity index (χ1n) is 7.92. The first kappa shape index (κ1) is 14.1. The highest BCUT2D eigenvalue weighted by atomic mass is 16.5. The monoisotopic (exact) mass is 277 g/mol. The lowest BCUT2D eigenvalue weighted by Gasteiger charge is -2.54. The molecule has 1 saturated heterocycles. The van der Waals surface area contributed by atoms with Crippen LogP contribution in [0.2, 0.25) is 0 Å². The van der Waals surface area contributed by atoms with Crippen molar-refractivity contribution in [3.8, 4) is 0 Å². The van der Waals surface area contributed by atoms with Crippen LogP contribution in [0.25, 0.3) is 0 Å². The van der Waals surface area contributed by atoms with Gasteiger partial charge in [-0.15, -0.1) is 0 Å². The molecule has 0 N–H and O–H groups in total. The van der Waals surface area contributed by atoms with Crippen molar-refractivity contribution in [2.75, 3.05) is 32.8 Å². The number of ether oxygens (including phenoxy) is 1. The minimum Gasteiger partial charge on any atom is -0.379 e. The molecular weight excluding hydrogens is 250 g/mol. The second-order valence-electron chi connectivity index (χ2n) is 6.95. The number of hydrogen-bond acceptors (Lipinski definition) is 3. The molecule has 112 valence electrons. The van der Waals surface area contributed by atoms with E-state index in [1.807, 2.05) is 12.5 Å². The lowest BCUT2D eigenvalue weighted by Crippen LogP contribution is -2.52. The van der Waals surface area contributed by atoms with E-state index in [1.165, 1.54) is 19.4 Å². The Balaban J connectivity index is 1.46. The zero-order valence-electron chi connectivity index (χ0n) is 12.8. The van der Waals surface area contributed by atoms with Gasteiger partial charge in [-0.2, -0.15) is 0 Å². The molecule has 3 rings (SSSR count). The van der Waals surface area contributed by atoms with Gasteiger partial charge >= 0.3 is 0 Å². The predicted octanol–water partition coefficient (Wildman–Crippen LogP) is 2.27. The third kappa shape index (κ3) is 2.91. The average Bonchev–Trinajstić information content (AvgIpc) is 2.96. The molecule has 0 radical (unpaired) electrons. The van der Waals surface area contributed by atoms with Crippen molar-refractivity contribution in [2.24, 2.45) is 17.3 Å². The molecule has 2 atom stereocenters. The number of morpholine rings is 1. The Bertz CT molecular complexity index is 409. The molecule has 1 aliphatic carbocycles. The SMILES string of the molecule is CC1(C)[C@@H](CCn2ccnc2)C[C@H]1CN1CCOCC1. The van der Waals surface area contributed by atoms with Crippen LogP contribution in [0.15, 0.2) is 18.7 Å². The summed E-state index contributed by atoms with van der Waals surface area (Å²) >= 11 is 0. The Kier molecular flexibility index (Phi) is 4.13. The normalized spacial score (nSPS) is 30.1. The standard InChI is InChI=1S/C16H27N3O/c1-16(2)14(3-5-19-6-4-17-13-19)11-15(16)12-18-7-9-20-10-8-18/h4,6,13-15H,3,5,7-12H2,1-2H3/t14-,15-/m0/s1. The summed E-state index contributed by atoms with van der Waals surface area (Å²) in [5, 5.41) is 0. The topological polar surface area (TPSA) is 30.3 Å². The predicted molar refractivity (Wildman–Crippen MR) is 79.5 cm³/mol. The highest BCUT2D eigenvalue weighted by Crippen LogP contribution is 2.53. The van der Waals surface area contributed by atoms with Crippen molar-refractivity contribution in [1.82, 2.24) is 14.5 Å². The van der Waals surface area contributed by atoms with Gasteiger partial charge in [0.25, 0.3) is 0 Å². The molecule has 2 fully saturated rings. The third-order valence-corrected chi connectivity index (χ3v) is 5.55. The number of nitrogens with zero attached hydrogens (tertiary/aromatic N) is 3. The molecule has 0 spiro atoms. The molecule has 2 heterocycles. The van der Waals surface area contributed by atoms with Crippen LogP contribution in [0.5, 0.6) is 0 Å². The van der Waals surface area contributed by atoms with Crippen LogP contribution in [0.4, 0.5) is 0 Å². The Morgan fingerprint density at radius 3 is 2.70 bits per heavy atom. The first-order chi connectivity index (χ1) is 9.66. The van der Waals surface area contributed by atoms with Gasteiger partial charge in [-0.05, 0) is 30.1 Å². The number of rotatable bonds is 5. The molecule has 0 amide bonds. The van der Waals surface area contributed by atoms with E-state index < -0.39 is 0 Å². The minimum atomic E-state index is 0.485. The second kappa shape index (κ2) is 5.86. The fraction of sp³-hybridized carbons (Fsp3) is 0.812. The maximum Gasteiger partial charge on any atom is 0.0945 e. The zero-order valence-corrected chi connectivity index (χ0v) is 12.8. The maximum absolute atomic E-state index is 5.44. The molecule has 0 bridgehead atoms. The highest BCUT2D eigenvalue weighted by molar-refractivity contribution is 4.97. The lowest BCUT2D eigenvalue weighted by molar-refractivity contribution is -0.0615. The van der Waals surface area contributed by atoms with Crippen LogP contribution in [0.3, 0.4) is 0 Å². The van der Waals surface area contributed by atoms with Gasteiger partial charge in [-0.25, -0.2) is 4.98 Å². The van der Waals surface area contributed by atoms with E-state index in [9.17, 15) is 0 Å². The van der Waals surface area contributed by atoms with E-state index in [1.54, 1.807) is 0 Å². The Hall–Kier alpha value is -0.870. The van der Waals surface area contributed by atoms with E-state index in [4.69, 9.17) is 4.74 Å². The summed E-state index contributed by atoms with van der Waals surface area (Å²) < 4.78 is 7.64. The molecule has 1 aliphatic heterocycles. The van der Waals surface area contributed by atoms with Gasteiger partial charge in [0, 0.05) is 38.6 Å².